The number of nitrogens with two attached hydrogens (primary N) is 1. The Balaban J connectivity index is 1.85. The molecule has 19 heavy (non-hydrogen) atoms. The molecule has 1 atom stereocenters. The van der Waals surface area contributed by atoms with E-state index >= 15 is 0 Å². The molecule has 0 bridgehead atoms. The molecule has 0 aliphatic carbocycles. The van der Waals surface area contributed by atoms with Crippen LogP contribution in [0, 0.1) is 6.92 Å². The number of carboxylic acids is 1. The summed E-state index contributed by atoms with van der Waals surface area (Å²) in [5.74, 6) is 0.553. The fourth-order valence-corrected chi connectivity index (χ4v) is 1.92. The van der Waals surface area contributed by atoms with E-state index in [0.29, 0.717) is 6.54 Å². The maximum absolute atomic E-state index is 10.6. The van der Waals surface area contributed by atoms with E-state index < -0.39 is 12.0 Å². The summed E-state index contributed by atoms with van der Waals surface area (Å²) < 4.78 is 10.6. The van der Waals surface area contributed by atoms with Crippen LogP contribution in [0.15, 0.2) is 12.1 Å². The lowest BCUT2D eigenvalue weighted by Gasteiger charge is -2.10. The van der Waals surface area contributed by atoms with Gasteiger partial charge >= 0.3 is 5.97 Å². The summed E-state index contributed by atoms with van der Waals surface area (Å²) in [6.45, 7) is 3.21. The quantitative estimate of drug-likeness (QED) is 0.640. The molecule has 0 fully saturated rings. The maximum Gasteiger partial charge on any atom is 0.321 e. The van der Waals surface area contributed by atoms with E-state index in [2.05, 4.69) is 5.32 Å². The first-order chi connectivity index (χ1) is 9.08. The van der Waals surface area contributed by atoms with Crippen LogP contribution in [0.4, 0.5) is 0 Å². The van der Waals surface area contributed by atoms with Gasteiger partial charge in [-0.3, -0.25) is 4.79 Å². The van der Waals surface area contributed by atoms with Gasteiger partial charge in [-0.15, -0.1) is 0 Å². The predicted molar refractivity (Wildman–Crippen MR) is 69.5 cm³/mol. The lowest BCUT2D eigenvalue weighted by Crippen LogP contribution is -2.40. The number of hydrogen-bond acceptors (Lipinski definition) is 5. The average Bonchev–Trinajstić information content (AvgIpc) is 2.81. The SMILES string of the molecule is Cc1cc2c(cc1CCNCC(N)C(=O)O)OCO2. The molecule has 0 aromatic heterocycles. The Morgan fingerprint density at radius 3 is 2.84 bits per heavy atom. The molecule has 6 heteroatoms. The van der Waals surface area contributed by atoms with E-state index in [1.54, 1.807) is 0 Å². The van der Waals surface area contributed by atoms with Crippen molar-refractivity contribution in [1.29, 1.82) is 0 Å². The van der Waals surface area contributed by atoms with E-state index in [4.69, 9.17) is 20.3 Å². The van der Waals surface area contributed by atoms with Gasteiger partial charge in [0.1, 0.15) is 6.04 Å². The zero-order valence-electron chi connectivity index (χ0n) is 10.8. The standard InChI is InChI=1S/C13H18N2O4/c1-8-4-11-12(19-7-18-11)5-9(8)2-3-15-6-10(14)13(16)17/h4-5,10,15H,2-3,6-7,14H2,1H3,(H,16,17). The van der Waals surface area contributed by atoms with Crippen molar-refractivity contribution < 1.29 is 19.4 Å². The van der Waals surface area contributed by atoms with E-state index in [9.17, 15) is 4.79 Å². The third-order valence-corrected chi connectivity index (χ3v) is 3.08. The number of benzene rings is 1. The normalized spacial score (nSPS) is 14.4. The fraction of sp³-hybridized carbons (Fsp3) is 0.462. The van der Waals surface area contributed by atoms with Crippen molar-refractivity contribution in [3.05, 3.63) is 23.3 Å². The average molecular weight is 266 g/mol. The third kappa shape index (κ3) is 3.36. The number of ether oxygens (including phenoxy) is 2. The minimum Gasteiger partial charge on any atom is -0.480 e. The second kappa shape index (κ2) is 5.90. The first-order valence-corrected chi connectivity index (χ1v) is 6.16. The van der Waals surface area contributed by atoms with Crippen LogP contribution in [0.25, 0.3) is 0 Å². The van der Waals surface area contributed by atoms with Gasteiger partial charge in [0, 0.05) is 6.54 Å². The molecule has 0 radical (unpaired) electrons. The largest absolute Gasteiger partial charge is 0.480 e. The first kappa shape index (κ1) is 13.6. The Morgan fingerprint density at radius 2 is 2.16 bits per heavy atom. The fourth-order valence-electron chi connectivity index (χ4n) is 1.92. The smallest absolute Gasteiger partial charge is 0.321 e. The Morgan fingerprint density at radius 1 is 1.47 bits per heavy atom. The van der Waals surface area contributed by atoms with Crippen LogP contribution in [-0.4, -0.2) is 37.0 Å². The lowest BCUT2D eigenvalue weighted by molar-refractivity contribution is -0.138. The van der Waals surface area contributed by atoms with Gasteiger partial charge in [-0.2, -0.15) is 0 Å². The topological polar surface area (TPSA) is 93.8 Å². The molecule has 1 heterocycles. The number of carbonyl (C=O) groups is 1. The van der Waals surface area contributed by atoms with Crippen LogP contribution in [0.2, 0.25) is 0 Å². The van der Waals surface area contributed by atoms with Crippen molar-refractivity contribution >= 4 is 5.97 Å². The van der Waals surface area contributed by atoms with Gasteiger partial charge in [-0.05, 0) is 43.1 Å². The molecule has 0 saturated heterocycles. The van der Waals surface area contributed by atoms with E-state index in [1.165, 1.54) is 0 Å². The number of fused-ring (bicyclic) bond motifs is 1. The molecule has 1 aliphatic heterocycles. The van der Waals surface area contributed by atoms with E-state index in [-0.39, 0.29) is 13.3 Å². The zero-order valence-corrected chi connectivity index (χ0v) is 10.8. The number of aliphatic carboxylic acids is 1. The van der Waals surface area contributed by atoms with Crippen molar-refractivity contribution in [3.8, 4) is 11.5 Å². The van der Waals surface area contributed by atoms with Gasteiger partial charge in [0.15, 0.2) is 11.5 Å². The van der Waals surface area contributed by atoms with Crippen LogP contribution in [0.5, 0.6) is 11.5 Å². The van der Waals surface area contributed by atoms with Gasteiger partial charge in [0.25, 0.3) is 0 Å². The summed E-state index contributed by atoms with van der Waals surface area (Å²) in [7, 11) is 0. The van der Waals surface area contributed by atoms with Crippen LogP contribution in [0.3, 0.4) is 0 Å². The lowest BCUT2D eigenvalue weighted by atomic mass is 10.0. The molecule has 1 unspecified atom stereocenters. The molecule has 0 spiro atoms. The second-order valence-corrected chi connectivity index (χ2v) is 4.53. The van der Waals surface area contributed by atoms with Gasteiger partial charge < -0.3 is 25.6 Å². The van der Waals surface area contributed by atoms with Crippen molar-refractivity contribution in [1.82, 2.24) is 5.32 Å². The van der Waals surface area contributed by atoms with E-state index in [1.807, 2.05) is 19.1 Å². The minimum atomic E-state index is -0.994. The molecule has 4 N–H and O–H groups in total. The van der Waals surface area contributed by atoms with Crippen LogP contribution in [-0.2, 0) is 11.2 Å². The predicted octanol–water partition coefficient (Wildman–Crippen LogP) is 0.268. The summed E-state index contributed by atoms with van der Waals surface area (Å²) in [4.78, 5) is 10.6. The second-order valence-electron chi connectivity index (χ2n) is 4.53. The van der Waals surface area contributed by atoms with E-state index in [0.717, 1.165) is 29.0 Å². The molecule has 2 rings (SSSR count). The Hall–Kier alpha value is -1.79. The van der Waals surface area contributed by atoms with Crippen molar-refractivity contribution in [2.45, 2.75) is 19.4 Å². The van der Waals surface area contributed by atoms with Crippen molar-refractivity contribution in [3.63, 3.8) is 0 Å². The Labute approximate surface area is 111 Å². The highest BCUT2D eigenvalue weighted by atomic mass is 16.7. The molecule has 104 valence electrons. The molecule has 1 aromatic rings. The summed E-state index contributed by atoms with van der Waals surface area (Å²) in [5.41, 5.74) is 7.69. The van der Waals surface area contributed by atoms with Crippen molar-refractivity contribution in [2.75, 3.05) is 19.9 Å². The van der Waals surface area contributed by atoms with Gasteiger partial charge in [-0.25, -0.2) is 0 Å². The molecule has 0 amide bonds. The number of rotatable bonds is 6. The molecule has 0 saturated carbocycles. The van der Waals surface area contributed by atoms with Gasteiger partial charge in [0.05, 0.1) is 0 Å². The van der Waals surface area contributed by atoms with Crippen molar-refractivity contribution in [2.24, 2.45) is 5.73 Å². The Kier molecular flexibility index (Phi) is 4.24. The molecule has 1 aromatic carbocycles. The third-order valence-electron chi connectivity index (χ3n) is 3.08. The zero-order chi connectivity index (χ0) is 13.8. The molecular formula is C13H18N2O4. The summed E-state index contributed by atoms with van der Waals surface area (Å²) in [6.07, 6.45) is 0.787. The molecule has 1 aliphatic rings. The molecule has 6 nitrogen and oxygen atoms in total. The van der Waals surface area contributed by atoms with Crippen LogP contribution in [0.1, 0.15) is 11.1 Å². The summed E-state index contributed by atoms with van der Waals surface area (Å²) >= 11 is 0. The highest BCUT2D eigenvalue weighted by Gasteiger charge is 2.15. The van der Waals surface area contributed by atoms with Crippen LogP contribution < -0.4 is 20.5 Å². The number of aryl methyl sites for hydroxylation is 1. The highest BCUT2D eigenvalue weighted by Crippen LogP contribution is 2.34. The summed E-state index contributed by atoms with van der Waals surface area (Å²) in [5, 5.41) is 11.7. The molecular weight excluding hydrogens is 248 g/mol. The van der Waals surface area contributed by atoms with Gasteiger partial charge in [0.2, 0.25) is 6.79 Å². The van der Waals surface area contributed by atoms with Gasteiger partial charge in [-0.1, -0.05) is 0 Å². The number of nitrogens with one attached hydrogen (secondary N) is 1. The summed E-state index contributed by atoms with van der Waals surface area (Å²) in [6, 6.07) is 3.06. The maximum atomic E-state index is 10.6. The number of carboxylic acid groups (broad SMARTS) is 1. The first-order valence-electron chi connectivity index (χ1n) is 6.16. The monoisotopic (exact) mass is 266 g/mol. The minimum absolute atomic E-state index is 0.263. The Bertz CT molecular complexity index is 476. The highest BCUT2D eigenvalue weighted by molar-refractivity contribution is 5.73. The number of hydrogen-bond donors (Lipinski definition) is 3. The van der Waals surface area contributed by atoms with Crippen LogP contribution >= 0.6 is 0 Å².